The van der Waals surface area contributed by atoms with Gasteiger partial charge in [-0.1, -0.05) is 44.1 Å². The lowest BCUT2D eigenvalue weighted by atomic mass is 9.97. The maximum atomic E-state index is 14.1. The van der Waals surface area contributed by atoms with Crippen LogP contribution < -0.4 is 5.73 Å². The molecule has 2 N–H and O–H groups in total. The second-order valence-corrected chi connectivity index (χ2v) is 6.02. The van der Waals surface area contributed by atoms with Crippen LogP contribution in [-0.4, -0.2) is 22.5 Å². The summed E-state index contributed by atoms with van der Waals surface area (Å²) in [6, 6.07) is 5.70. The van der Waals surface area contributed by atoms with Crippen molar-refractivity contribution in [3.63, 3.8) is 0 Å². The molecule has 0 aliphatic carbocycles. The molecule has 2 rings (SSSR count). The van der Waals surface area contributed by atoms with Crippen molar-refractivity contribution < 1.29 is 4.39 Å². The van der Waals surface area contributed by atoms with Crippen LogP contribution in [0.3, 0.4) is 0 Å². The van der Waals surface area contributed by atoms with Gasteiger partial charge in [0.05, 0.1) is 0 Å². The van der Waals surface area contributed by atoms with Crippen LogP contribution in [0.4, 0.5) is 4.39 Å². The number of likely N-dealkylation sites (tertiary alicyclic amines) is 1. The molecular weight excluding hydrogens is 271 g/mol. The van der Waals surface area contributed by atoms with Crippen LogP contribution in [0.1, 0.15) is 50.2 Å². The maximum absolute atomic E-state index is 14.1. The highest BCUT2D eigenvalue weighted by Gasteiger charge is 2.22. The highest BCUT2D eigenvalue weighted by molar-refractivity contribution is 7.80. The summed E-state index contributed by atoms with van der Waals surface area (Å²) < 4.78 is 14.1. The van der Waals surface area contributed by atoms with E-state index in [4.69, 9.17) is 18.0 Å². The van der Waals surface area contributed by atoms with E-state index in [-0.39, 0.29) is 10.8 Å². The van der Waals surface area contributed by atoms with Crippen molar-refractivity contribution in [2.24, 2.45) is 5.73 Å². The molecular formula is C16H23FN2S. The summed E-state index contributed by atoms with van der Waals surface area (Å²) in [7, 11) is 0. The molecule has 1 unspecified atom stereocenters. The van der Waals surface area contributed by atoms with Gasteiger partial charge >= 0.3 is 0 Å². The van der Waals surface area contributed by atoms with Gasteiger partial charge in [-0.2, -0.15) is 0 Å². The van der Waals surface area contributed by atoms with E-state index in [1.807, 2.05) is 12.1 Å². The Balaban J connectivity index is 2.09. The standard InChI is InChI=1S/C16H23FN2S/c1-2-5-14-6-3-4-9-19(14)11-13-8-7-12(16(18)20)10-15(13)17/h7-8,10,14H,2-6,9,11H2,1H3,(H2,18,20). The Morgan fingerprint density at radius 1 is 1.45 bits per heavy atom. The highest BCUT2D eigenvalue weighted by atomic mass is 32.1. The van der Waals surface area contributed by atoms with E-state index >= 15 is 0 Å². The molecule has 110 valence electrons. The fourth-order valence-electron chi connectivity index (χ4n) is 2.98. The van der Waals surface area contributed by atoms with Crippen LogP contribution in [-0.2, 0) is 6.54 Å². The van der Waals surface area contributed by atoms with Gasteiger partial charge in [-0.15, -0.1) is 0 Å². The van der Waals surface area contributed by atoms with Crippen LogP contribution in [0.2, 0.25) is 0 Å². The molecule has 1 saturated heterocycles. The molecule has 1 aliphatic rings. The molecule has 1 aromatic carbocycles. The van der Waals surface area contributed by atoms with Gasteiger partial charge in [0, 0.05) is 23.7 Å². The van der Waals surface area contributed by atoms with Crippen LogP contribution in [0, 0.1) is 5.82 Å². The van der Waals surface area contributed by atoms with Gasteiger partial charge in [-0.05, 0) is 31.9 Å². The number of nitrogens with zero attached hydrogens (tertiary/aromatic N) is 1. The van der Waals surface area contributed by atoms with Crippen molar-refractivity contribution in [2.75, 3.05) is 6.54 Å². The highest BCUT2D eigenvalue weighted by Crippen LogP contribution is 2.24. The first kappa shape index (κ1) is 15.4. The normalized spacial score (nSPS) is 20.0. The van der Waals surface area contributed by atoms with E-state index in [1.165, 1.54) is 38.2 Å². The smallest absolute Gasteiger partial charge is 0.128 e. The average Bonchev–Trinajstić information content (AvgIpc) is 2.43. The van der Waals surface area contributed by atoms with Gasteiger partial charge in [0.2, 0.25) is 0 Å². The Morgan fingerprint density at radius 3 is 2.90 bits per heavy atom. The van der Waals surface area contributed by atoms with E-state index in [2.05, 4.69) is 11.8 Å². The number of benzene rings is 1. The van der Waals surface area contributed by atoms with Crippen molar-refractivity contribution in [1.29, 1.82) is 0 Å². The van der Waals surface area contributed by atoms with Gasteiger partial charge < -0.3 is 5.73 Å². The quantitative estimate of drug-likeness (QED) is 0.841. The van der Waals surface area contributed by atoms with E-state index in [0.717, 1.165) is 12.1 Å². The first-order chi connectivity index (χ1) is 9.61. The molecule has 1 aliphatic heterocycles. The van der Waals surface area contributed by atoms with Gasteiger partial charge in [-0.3, -0.25) is 4.90 Å². The fourth-order valence-corrected chi connectivity index (χ4v) is 3.10. The number of piperidine rings is 1. The van der Waals surface area contributed by atoms with E-state index < -0.39 is 0 Å². The second kappa shape index (κ2) is 7.14. The number of nitrogens with two attached hydrogens (primary N) is 1. The monoisotopic (exact) mass is 294 g/mol. The summed E-state index contributed by atoms with van der Waals surface area (Å²) in [6.45, 7) is 3.97. The lowest BCUT2D eigenvalue weighted by molar-refractivity contribution is 0.130. The second-order valence-electron chi connectivity index (χ2n) is 5.58. The topological polar surface area (TPSA) is 29.3 Å². The third-order valence-electron chi connectivity index (χ3n) is 4.08. The van der Waals surface area contributed by atoms with Crippen molar-refractivity contribution in [3.05, 3.63) is 35.1 Å². The van der Waals surface area contributed by atoms with Crippen LogP contribution in [0.5, 0.6) is 0 Å². The first-order valence-corrected chi connectivity index (χ1v) is 7.85. The minimum absolute atomic E-state index is 0.198. The summed E-state index contributed by atoms with van der Waals surface area (Å²) in [5.41, 5.74) is 6.88. The van der Waals surface area contributed by atoms with Gasteiger partial charge in [0.15, 0.2) is 0 Å². The Kier molecular flexibility index (Phi) is 5.49. The molecule has 20 heavy (non-hydrogen) atoms. The summed E-state index contributed by atoms with van der Waals surface area (Å²) in [5.74, 6) is -0.198. The zero-order chi connectivity index (χ0) is 14.5. The lowest BCUT2D eigenvalue weighted by Gasteiger charge is -2.35. The van der Waals surface area contributed by atoms with E-state index in [0.29, 0.717) is 18.2 Å². The van der Waals surface area contributed by atoms with E-state index in [1.54, 1.807) is 0 Å². The Hall–Kier alpha value is -1.00. The molecule has 1 aromatic rings. The molecule has 2 nitrogen and oxygen atoms in total. The third-order valence-corrected chi connectivity index (χ3v) is 4.32. The molecule has 0 radical (unpaired) electrons. The van der Waals surface area contributed by atoms with Gasteiger partial charge in [0.25, 0.3) is 0 Å². The van der Waals surface area contributed by atoms with Gasteiger partial charge in [-0.25, -0.2) is 4.39 Å². The van der Waals surface area contributed by atoms with Crippen molar-refractivity contribution in [3.8, 4) is 0 Å². The molecule has 0 aromatic heterocycles. The fraction of sp³-hybridized carbons (Fsp3) is 0.562. The first-order valence-electron chi connectivity index (χ1n) is 7.44. The minimum atomic E-state index is -0.198. The summed E-state index contributed by atoms with van der Waals surface area (Å²) in [5, 5.41) is 0. The van der Waals surface area contributed by atoms with Crippen molar-refractivity contribution >= 4 is 17.2 Å². The molecule has 0 bridgehead atoms. The molecule has 1 heterocycles. The molecule has 0 spiro atoms. The predicted molar refractivity (Wildman–Crippen MR) is 85.2 cm³/mol. The van der Waals surface area contributed by atoms with Crippen molar-refractivity contribution in [2.45, 2.75) is 51.6 Å². The summed E-state index contributed by atoms with van der Waals surface area (Å²) in [6.07, 6.45) is 6.13. The number of hydrogen-bond donors (Lipinski definition) is 1. The zero-order valence-corrected chi connectivity index (χ0v) is 12.9. The molecule has 4 heteroatoms. The van der Waals surface area contributed by atoms with Crippen LogP contribution in [0.25, 0.3) is 0 Å². The molecule has 0 saturated carbocycles. The number of rotatable bonds is 5. The number of thiocarbonyl (C=S) groups is 1. The Labute approximate surface area is 126 Å². The Morgan fingerprint density at radius 2 is 2.25 bits per heavy atom. The molecule has 1 fully saturated rings. The zero-order valence-electron chi connectivity index (χ0n) is 12.1. The third kappa shape index (κ3) is 3.76. The Bertz CT molecular complexity index is 474. The largest absolute Gasteiger partial charge is 0.389 e. The number of halogens is 1. The molecule has 0 amide bonds. The maximum Gasteiger partial charge on any atom is 0.128 e. The van der Waals surface area contributed by atoms with Crippen LogP contribution >= 0.6 is 12.2 Å². The predicted octanol–water partition coefficient (Wildman–Crippen LogP) is 3.61. The van der Waals surface area contributed by atoms with Crippen LogP contribution in [0.15, 0.2) is 18.2 Å². The summed E-state index contributed by atoms with van der Waals surface area (Å²) >= 11 is 4.88. The van der Waals surface area contributed by atoms with Gasteiger partial charge in [0.1, 0.15) is 10.8 Å². The van der Waals surface area contributed by atoms with Crippen molar-refractivity contribution in [1.82, 2.24) is 4.90 Å². The molecule has 1 atom stereocenters. The van der Waals surface area contributed by atoms with E-state index in [9.17, 15) is 4.39 Å². The number of hydrogen-bond acceptors (Lipinski definition) is 2. The summed E-state index contributed by atoms with van der Waals surface area (Å²) in [4.78, 5) is 2.67. The SMILES string of the molecule is CCCC1CCCCN1Cc1ccc(C(N)=S)cc1F. The minimum Gasteiger partial charge on any atom is -0.389 e. The average molecular weight is 294 g/mol. The lowest BCUT2D eigenvalue weighted by Crippen LogP contribution is -2.39.